The second-order valence-electron chi connectivity index (χ2n) is 6.56. The fraction of sp³-hybridized carbons (Fsp3) is 0.318. The molecule has 0 aliphatic rings. The van der Waals surface area contributed by atoms with Crippen LogP contribution >= 0.6 is 0 Å². The lowest BCUT2D eigenvalue weighted by Gasteiger charge is -2.21. The van der Waals surface area contributed by atoms with Crippen LogP contribution in [-0.4, -0.2) is 24.3 Å². The van der Waals surface area contributed by atoms with E-state index < -0.39 is 17.8 Å². The van der Waals surface area contributed by atoms with Gasteiger partial charge >= 0.3 is 5.97 Å². The predicted octanol–water partition coefficient (Wildman–Crippen LogP) is 4.20. The minimum atomic E-state index is -0.421. The van der Waals surface area contributed by atoms with E-state index in [1.54, 1.807) is 24.3 Å². The molecule has 0 saturated heterocycles. The van der Waals surface area contributed by atoms with Crippen LogP contribution in [0, 0.1) is 5.92 Å². The summed E-state index contributed by atoms with van der Waals surface area (Å²) in [5.74, 6) is -1.17. The lowest BCUT2D eigenvalue weighted by molar-refractivity contribution is -0.150. The predicted molar refractivity (Wildman–Crippen MR) is 105 cm³/mol. The van der Waals surface area contributed by atoms with Gasteiger partial charge in [-0.1, -0.05) is 50.6 Å². The summed E-state index contributed by atoms with van der Waals surface area (Å²) in [7, 11) is 0. The normalized spacial score (nSPS) is 12.7. The molecule has 0 saturated carbocycles. The molecular weight excluding hydrogens is 342 g/mol. The van der Waals surface area contributed by atoms with Crippen LogP contribution in [0.3, 0.4) is 0 Å². The zero-order chi connectivity index (χ0) is 19.8. The van der Waals surface area contributed by atoms with E-state index in [-0.39, 0.29) is 18.3 Å². The van der Waals surface area contributed by atoms with Gasteiger partial charge in [-0.2, -0.15) is 0 Å². The van der Waals surface area contributed by atoms with E-state index in [0.29, 0.717) is 11.3 Å². The Kier molecular flexibility index (Phi) is 7.29. The third-order valence-electron chi connectivity index (χ3n) is 4.55. The summed E-state index contributed by atoms with van der Waals surface area (Å²) in [6.45, 7) is 5.14. The molecule has 0 aliphatic heterocycles. The van der Waals surface area contributed by atoms with Crippen molar-refractivity contribution >= 4 is 23.3 Å². The molecule has 0 radical (unpaired) electrons. The lowest BCUT2D eigenvalue weighted by Crippen LogP contribution is -2.26. The van der Waals surface area contributed by atoms with Gasteiger partial charge in [0.2, 0.25) is 0 Å². The number of benzene rings is 2. The van der Waals surface area contributed by atoms with Gasteiger partial charge in [0.15, 0.2) is 12.4 Å². The topological polar surface area (TPSA) is 72.5 Å². The SMILES string of the molecule is CC[C@H](C)[C@H](C(=O)OCC(=O)Nc1ccc(C(C)=O)cc1)c1ccccc1. The summed E-state index contributed by atoms with van der Waals surface area (Å²) >= 11 is 0. The smallest absolute Gasteiger partial charge is 0.314 e. The molecule has 0 spiro atoms. The van der Waals surface area contributed by atoms with Gasteiger partial charge in [-0.15, -0.1) is 0 Å². The van der Waals surface area contributed by atoms with Crippen molar-refractivity contribution in [2.24, 2.45) is 5.92 Å². The van der Waals surface area contributed by atoms with Gasteiger partial charge in [-0.25, -0.2) is 0 Å². The Balaban J connectivity index is 1.95. The maximum absolute atomic E-state index is 12.6. The molecule has 142 valence electrons. The average Bonchev–Trinajstić information content (AvgIpc) is 2.67. The molecule has 0 bridgehead atoms. The monoisotopic (exact) mass is 367 g/mol. The highest BCUT2D eigenvalue weighted by molar-refractivity contribution is 5.96. The fourth-order valence-electron chi connectivity index (χ4n) is 2.80. The van der Waals surface area contributed by atoms with Gasteiger partial charge in [-0.05, 0) is 42.7 Å². The number of hydrogen-bond donors (Lipinski definition) is 1. The van der Waals surface area contributed by atoms with E-state index in [2.05, 4.69) is 5.32 Å². The lowest BCUT2D eigenvalue weighted by atomic mass is 9.86. The number of hydrogen-bond acceptors (Lipinski definition) is 4. The maximum Gasteiger partial charge on any atom is 0.314 e. The quantitative estimate of drug-likeness (QED) is 0.561. The average molecular weight is 367 g/mol. The van der Waals surface area contributed by atoms with E-state index in [1.165, 1.54) is 6.92 Å². The summed E-state index contributed by atoms with van der Waals surface area (Å²) in [6, 6.07) is 16.0. The molecule has 27 heavy (non-hydrogen) atoms. The van der Waals surface area contributed by atoms with Gasteiger partial charge in [0.05, 0.1) is 5.92 Å². The Morgan fingerprint density at radius 3 is 2.19 bits per heavy atom. The van der Waals surface area contributed by atoms with Crippen LogP contribution in [0.1, 0.15) is 49.0 Å². The maximum atomic E-state index is 12.6. The van der Waals surface area contributed by atoms with Crippen molar-refractivity contribution in [3.8, 4) is 0 Å². The minimum Gasteiger partial charge on any atom is -0.455 e. The van der Waals surface area contributed by atoms with E-state index in [1.807, 2.05) is 44.2 Å². The molecule has 1 amide bonds. The van der Waals surface area contributed by atoms with Crippen LogP contribution in [0.5, 0.6) is 0 Å². The highest BCUT2D eigenvalue weighted by atomic mass is 16.5. The molecule has 2 atom stereocenters. The van der Waals surface area contributed by atoms with Crippen molar-refractivity contribution in [1.29, 1.82) is 0 Å². The molecule has 0 aromatic heterocycles. The number of carbonyl (C=O) groups is 3. The largest absolute Gasteiger partial charge is 0.455 e. The minimum absolute atomic E-state index is 0.0428. The third kappa shape index (κ3) is 5.78. The summed E-state index contributed by atoms with van der Waals surface area (Å²) in [6.07, 6.45) is 0.823. The molecule has 1 N–H and O–H groups in total. The molecule has 0 heterocycles. The number of Topliss-reactive ketones (excluding diaryl/α,β-unsaturated/α-hetero) is 1. The molecular formula is C22H25NO4. The standard InChI is InChI=1S/C22H25NO4/c1-4-15(2)21(18-8-6-5-7-9-18)22(26)27-14-20(25)23-19-12-10-17(11-13-19)16(3)24/h5-13,15,21H,4,14H2,1-3H3,(H,23,25)/t15-,21-/m0/s1. The molecule has 0 fully saturated rings. The highest BCUT2D eigenvalue weighted by Crippen LogP contribution is 2.28. The second-order valence-corrected chi connectivity index (χ2v) is 6.56. The zero-order valence-corrected chi connectivity index (χ0v) is 15.9. The molecule has 0 unspecified atom stereocenters. The van der Waals surface area contributed by atoms with Crippen LogP contribution in [0.2, 0.25) is 0 Å². The molecule has 0 aliphatic carbocycles. The Morgan fingerprint density at radius 2 is 1.63 bits per heavy atom. The van der Waals surface area contributed by atoms with Crippen LogP contribution < -0.4 is 5.32 Å². The first-order chi connectivity index (χ1) is 12.9. The number of anilines is 1. The molecule has 2 rings (SSSR count). The number of nitrogens with one attached hydrogen (secondary N) is 1. The first-order valence-corrected chi connectivity index (χ1v) is 9.04. The third-order valence-corrected chi connectivity index (χ3v) is 4.55. The Labute approximate surface area is 159 Å². The number of esters is 1. The Morgan fingerprint density at radius 1 is 1.00 bits per heavy atom. The van der Waals surface area contributed by atoms with Crippen molar-refractivity contribution in [2.75, 3.05) is 11.9 Å². The van der Waals surface area contributed by atoms with Gasteiger partial charge in [0, 0.05) is 11.3 Å². The van der Waals surface area contributed by atoms with Crippen molar-refractivity contribution in [3.63, 3.8) is 0 Å². The van der Waals surface area contributed by atoms with Crippen molar-refractivity contribution in [1.82, 2.24) is 0 Å². The second kappa shape index (κ2) is 9.67. The van der Waals surface area contributed by atoms with Crippen molar-refractivity contribution < 1.29 is 19.1 Å². The molecule has 2 aromatic carbocycles. The first-order valence-electron chi connectivity index (χ1n) is 9.04. The van der Waals surface area contributed by atoms with Gasteiger partial charge in [0.1, 0.15) is 0 Å². The van der Waals surface area contributed by atoms with Crippen LogP contribution in [0.15, 0.2) is 54.6 Å². The first kappa shape index (κ1) is 20.4. The van der Waals surface area contributed by atoms with Crippen molar-refractivity contribution in [2.45, 2.75) is 33.1 Å². The zero-order valence-electron chi connectivity index (χ0n) is 15.9. The van der Waals surface area contributed by atoms with Crippen LogP contribution in [0.4, 0.5) is 5.69 Å². The number of ether oxygens (including phenoxy) is 1. The Bertz CT molecular complexity index is 784. The summed E-state index contributed by atoms with van der Waals surface area (Å²) in [5.41, 5.74) is 2.00. The van der Waals surface area contributed by atoms with Gasteiger partial charge < -0.3 is 10.1 Å². The van der Waals surface area contributed by atoms with Crippen molar-refractivity contribution in [3.05, 3.63) is 65.7 Å². The van der Waals surface area contributed by atoms with Gasteiger partial charge in [0.25, 0.3) is 5.91 Å². The van der Waals surface area contributed by atoms with E-state index >= 15 is 0 Å². The molecule has 5 heteroatoms. The number of rotatable bonds is 8. The molecule has 2 aromatic rings. The van der Waals surface area contributed by atoms with Crippen LogP contribution in [0.25, 0.3) is 0 Å². The number of ketones is 1. The molecule has 5 nitrogen and oxygen atoms in total. The number of amides is 1. The summed E-state index contributed by atoms with van der Waals surface area (Å²) < 4.78 is 5.27. The fourth-order valence-corrected chi connectivity index (χ4v) is 2.80. The highest BCUT2D eigenvalue weighted by Gasteiger charge is 2.27. The number of carbonyl (C=O) groups excluding carboxylic acids is 3. The Hall–Kier alpha value is -2.95. The summed E-state index contributed by atoms with van der Waals surface area (Å²) in [5, 5.41) is 2.66. The van der Waals surface area contributed by atoms with Crippen LogP contribution in [-0.2, 0) is 14.3 Å². The van der Waals surface area contributed by atoms with E-state index in [9.17, 15) is 14.4 Å². The van der Waals surface area contributed by atoms with E-state index in [0.717, 1.165) is 12.0 Å². The van der Waals surface area contributed by atoms with E-state index in [4.69, 9.17) is 4.74 Å². The van der Waals surface area contributed by atoms with Gasteiger partial charge in [-0.3, -0.25) is 14.4 Å². The summed E-state index contributed by atoms with van der Waals surface area (Å²) in [4.78, 5) is 35.9.